The van der Waals surface area contributed by atoms with Crippen LogP contribution in [0.15, 0.2) is 18.2 Å². The normalized spacial score (nSPS) is 18.1. The number of nitrogens with one attached hydrogen (secondary N) is 2. The summed E-state index contributed by atoms with van der Waals surface area (Å²) in [6.45, 7) is 3.67. The van der Waals surface area contributed by atoms with Gasteiger partial charge in [-0.05, 0) is 37.5 Å². The van der Waals surface area contributed by atoms with Crippen molar-refractivity contribution in [3.05, 3.63) is 29.3 Å². The Morgan fingerprint density at radius 1 is 1.38 bits per heavy atom. The summed E-state index contributed by atoms with van der Waals surface area (Å²) in [5, 5.41) is 4.76. The number of hydrogen-bond donors (Lipinski definition) is 2. The maximum atomic E-state index is 11.8. The van der Waals surface area contributed by atoms with Crippen molar-refractivity contribution in [2.45, 2.75) is 32.7 Å². The minimum Gasteiger partial charge on any atom is -0.483 e. The number of carbonyl (C=O) groups is 3. The van der Waals surface area contributed by atoms with Crippen LogP contribution in [-0.2, 0) is 14.4 Å². The van der Waals surface area contributed by atoms with Crippen molar-refractivity contribution in [3.8, 4) is 5.75 Å². The molecule has 1 aliphatic rings. The second-order valence-electron chi connectivity index (χ2n) is 5.13. The Kier molecular flexibility index (Phi) is 4.57. The van der Waals surface area contributed by atoms with Gasteiger partial charge in [-0.25, -0.2) is 0 Å². The van der Waals surface area contributed by atoms with Crippen molar-refractivity contribution < 1.29 is 19.1 Å². The molecular weight excluding hydrogens is 272 g/mol. The van der Waals surface area contributed by atoms with Gasteiger partial charge in [-0.1, -0.05) is 12.1 Å². The van der Waals surface area contributed by atoms with E-state index >= 15 is 0 Å². The number of amides is 3. The number of carbonyl (C=O) groups excluding carboxylic acids is 3. The third kappa shape index (κ3) is 4.05. The molecule has 1 atom stereocenters. The van der Waals surface area contributed by atoms with Gasteiger partial charge in [0.15, 0.2) is 6.61 Å². The summed E-state index contributed by atoms with van der Waals surface area (Å²) in [7, 11) is 0. The number of piperidine rings is 1. The van der Waals surface area contributed by atoms with Gasteiger partial charge in [0.05, 0.1) is 0 Å². The van der Waals surface area contributed by atoms with Gasteiger partial charge in [-0.2, -0.15) is 0 Å². The molecule has 0 aliphatic carbocycles. The summed E-state index contributed by atoms with van der Waals surface area (Å²) < 4.78 is 5.47. The first kappa shape index (κ1) is 15.0. The monoisotopic (exact) mass is 290 g/mol. The van der Waals surface area contributed by atoms with E-state index in [4.69, 9.17) is 4.74 Å². The van der Waals surface area contributed by atoms with E-state index in [1.165, 1.54) is 0 Å². The summed E-state index contributed by atoms with van der Waals surface area (Å²) in [5.41, 5.74) is 1.98. The number of imide groups is 1. The quantitative estimate of drug-likeness (QED) is 0.795. The first-order valence-corrected chi connectivity index (χ1v) is 6.79. The summed E-state index contributed by atoms with van der Waals surface area (Å²) in [5.74, 6) is -0.512. The van der Waals surface area contributed by atoms with Crippen LogP contribution < -0.4 is 15.4 Å². The fourth-order valence-corrected chi connectivity index (χ4v) is 2.07. The summed E-state index contributed by atoms with van der Waals surface area (Å²) in [6.07, 6.45) is 0.550. The molecule has 2 N–H and O–H groups in total. The maximum Gasteiger partial charge on any atom is 0.258 e. The van der Waals surface area contributed by atoms with Gasteiger partial charge in [0, 0.05) is 6.42 Å². The van der Waals surface area contributed by atoms with Crippen molar-refractivity contribution in [2.24, 2.45) is 0 Å². The van der Waals surface area contributed by atoms with Gasteiger partial charge in [0.25, 0.3) is 5.91 Å². The van der Waals surface area contributed by atoms with Crippen molar-refractivity contribution in [1.29, 1.82) is 0 Å². The summed E-state index contributed by atoms with van der Waals surface area (Å²) in [4.78, 5) is 34.3. The molecular formula is C15H18N2O4. The van der Waals surface area contributed by atoms with Crippen LogP contribution in [0.3, 0.4) is 0 Å². The highest BCUT2D eigenvalue weighted by Crippen LogP contribution is 2.18. The Morgan fingerprint density at radius 2 is 2.14 bits per heavy atom. The first-order chi connectivity index (χ1) is 9.95. The Balaban J connectivity index is 1.86. The lowest BCUT2D eigenvalue weighted by Gasteiger charge is -2.21. The standard InChI is InChI=1S/C15H18N2O4/c1-9-3-4-10(2)12(7-9)21-8-14(19)16-11-5-6-13(18)17-15(11)20/h3-4,7,11H,5-6,8H2,1-2H3,(H,16,19)(H,17,18,20). The van der Waals surface area contributed by atoms with E-state index < -0.39 is 11.9 Å². The van der Waals surface area contributed by atoms with Crippen molar-refractivity contribution >= 4 is 17.7 Å². The molecule has 1 unspecified atom stereocenters. The molecule has 21 heavy (non-hydrogen) atoms. The molecule has 6 nitrogen and oxygen atoms in total. The highest BCUT2D eigenvalue weighted by molar-refractivity contribution is 6.01. The zero-order valence-corrected chi connectivity index (χ0v) is 12.1. The van der Waals surface area contributed by atoms with Crippen molar-refractivity contribution in [2.75, 3.05) is 6.61 Å². The topological polar surface area (TPSA) is 84.5 Å². The molecule has 112 valence electrons. The first-order valence-electron chi connectivity index (χ1n) is 6.79. The highest BCUT2D eigenvalue weighted by Gasteiger charge is 2.27. The number of ether oxygens (including phenoxy) is 1. The number of benzene rings is 1. The van der Waals surface area contributed by atoms with E-state index in [0.717, 1.165) is 11.1 Å². The average molecular weight is 290 g/mol. The molecule has 1 aromatic rings. The molecule has 1 aromatic carbocycles. The molecule has 0 bridgehead atoms. The van der Waals surface area contributed by atoms with Crippen LogP contribution >= 0.6 is 0 Å². The van der Waals surface area contributed by atoms with Gasteiger partial charge in [-0.3, -0.25) is 19.7 Å². The van der Waals surface area contributed by atoms with Crippen LogP contribution in [0.2, 0.25) is 0 Å². The third-order valence-electron chi connectivity index (χ3n) is 3.28. The SMILES string of the molecule is Cc1ccc(C)c(OCC(=O)NC2CCC(=O)NC2=O)c1. The largest absolute Gasteiger partial charge is 0.483 e. The second-order valence-corrected chi connectivity index (χ2v) is 5.13. The lowest BCUT2D eigenvalue weighted by Crippen LogP contribution is -2.53. The molecule has 1 fully saturated rings. The van der Waals surface area contributed by atoms with Crippen LogP contribution in [0.25, 0.3) is 0 Å². The van der Waals surface area contributed by atoms with Gasteiger partial charge >= 0.3 is 0 Å². The Labute approximate surface area is 122 Å². The predicted octanol–water partition coefficient (Wildman–Crippen LogP) is 0.604. The zero-order chi connectivity index (χ0) is 15.4. The zero-order valence-electron chi connectivity index (χ0n) is 12.1. The second kappa shape index (κ2) is 6.39. The van der Waals surface area contributed by atoms with Crippen molar-refractivity contribution in [3.63, 3.8) is 0 Å². The highest BCUT2D eigenvalue weighted by atomic mass is 16.5. The fraction of sp³-hybridized carbons (Fsp3) is 0.400. The Morgan fingerprint density at radius 3 is 2.86 bits per heavy atom. The molecule has 0 radical (unpaired) electrons. The smallest absolute Gasteiger partial charge is 0.258 e. The van der Waals surface area contributed by atoms with Crippen LogP contribution in [-0.4, -0.2) is 30.4 Å². The molecule has 0 aromatic heterocycles. The van der Waals surface area contributed by atoms with Crippen LogP contribution in [0, 0.1) is 13.8 Å². The maximum absolute atomic E-state index is 11.8. The fourth-order valence-electron chi connectivity index (χ4n) is 2.07. The number of hydrogen-bond acceptors (Lipinski definition) is 4. The molecule has 1 heterocycles. The van der Waals surface area contributed by atoms with Crippen LogP contribution in [0.1, 0.15) is 24.0 Å². The average Bonchev–Trinajstić information content (AvgIpc) is 2.43. The Hall–Kier alpha value is -2.37. The summed E-state index contributed by atoms with van der Waals surface area (Å²) in [6, 6.07) is 5.07. The van der Waals surface area contributed by atoms with E-state index in [9.17, 15) is 14.4 Å². The lowest BCUT2D eigenvalue weighted by molar-refractivity contribution is -0.137. The predicted molar refractivity (Wildman–Crippen MR) is 75.7 cm³/mol. The molecule has 1 saturated heterocycles. The van der Waals surface area contributed by atoms with Gasteiger partial charge < -0.3 is 10.1 Å². The van der Waals surface area contributed by atoms with E-state index in [-0.39, 0.29) is 24.8 Å². The third-order valence-corrected chi connectivity index (χ3v) is 3.28. The van der Waals surface area contributed by atoms with E-state index in [0.29, 0.717) is 12.2 Å². The minimum atomic E-state index is -0.669. The molecule has 1 aliphatic heterocycles. The molecule has 0 saturated carbocycles. The van der Waals surface area contributed by atoms with Crippen LogP contribution in [0.4, 0.5) is 0 Å². The molecule has 2 rings (SSSR count). The molecule has 0 spiro atoms. The van der Waals surface area contributed by atoms with Gasteiger partial charge in [-0.15, -0.1) is 0 Å². The molecule has 3 amide bonds. The van der Waals surface area contributed by atoms with E-state index in [1.54, 1.807) is 0 Å². The van der Waals surface area contributed by atoms with E-state index in [2.05, 4.69) is 10.6 Å². The minimum absolute atomic E-state index is 0.165. The van der Waals surface area contributed by atoms with Gasteiger partial charge in [0.1, 0.15) is 11.8 Å². The van der Waals surface area contributed by atoms with Crippen molar-refractivity contribution in [1.82, 2.24) is 10.6 Å². The van der Waals surface area contributed by atoms with Gasteiger partial charge in [0.2, 0.25) is 11.8 Å². The van der Waals surface area contributed by atoms with E-state index in [1.807, 2.05) is 32.0 Å². The summed E-state index contributed by atoms with van der Waals surface area (Å²) >= 11 is 0. The number of aryl methyl sites for hydroxylation is 2. The lowest BCUT2D eigenvalue weighted by atomic mass is 10.1. The number of rotatable bonds is 4. The van der Waals surface area contributed by atoms with Crippen LogP contribution in [0.5, 0.6) is 5.75 Å². The Bertz CT molecular complexity index is 583. The molecule has 6 heteroatoms.